The topological polar surface area (TPSA) is 99.5 Å². The number of aliphatic hydroxyl groups excluding tert-OH is 1. The summed E-state index contributed by atoms with van der Waals surface area (Å²) >= 11 is 0. The van der Waals surface area contributed by atoms with E-state index in [9.17, 15) is 19.8 Å². The Labute approximate surface area is 214 Å². The second kappa shape index (κ2) is 8.65. The summed E-state index contributed by atoms with van der Waals surface area (Å²) in [6, 6.07) is 2.76. The van der Waals surface area contributed by atoms with Crippen LogP contribution >= 0.6 is 0 Å². The van der Waals surface area contributed by atoms with Crippen molar-refractivity contribution in [2.45, 2.75) is 109 Å². The summed E-state index contributed by atoms with van der Waals surface area (Å²) < 4.78 is 13.3. The molecule has 8 nitrogen and oxygen atoms in total. The Balaban J connectivity index is 1.66. The molecule has 0 radical (unpaired) electrons. The van der Waals surface area contributed by atoms with Crippen LogP contribution < -0.4 is 14.1 Å². The SMILES string of the molecule is CC(C)[Si](Oc1cc2c(cc1OC1CC1)C(=O)N1CC3(CC3)CC1C(O)N2C(=O)O)(C(C)C)C(C)C. The predicted octanol–water partition coefficient (Wildman–Crippen LogP) is 5.59. The van der Waals surface area contributed by atoms with Crippen molar-refractivity contribution in [3.8, 4) is 11.5 Å². The lowest BCUT2D eigenvalue weighted by atomic mass is 10.0. The van der Waals surface area contributed by atoms with E-state index < -0.39 is 26.7 Å². The zero-order valence-corrected chi connectivity index (χ0v) is 23.3. The number of amides is 2. The number of carbonyl (C=O) groups excluding carboxylic acids is 1. The van der Waals surface area contributed by atoms with Crippen LogP contribution in [0, 0.1) is 5.41 Å². The maximum atomic E-state index is 13.8. The quantitative estimate of drug-likeness (QED) is 0.458. The molecule has 1 aromatic carbocycles. The van der Waals surface area contributed by atoms with Gasteiger partial charge in [0.15, 0.2) is 12.0 Å². The van der Waals surface area contributed by atoms with Crippen molar-refractivity contribution in [2.75, 3.05) is 11.4 Å². The van der Waals surface area contributed by atoms with Crippen LogP contribution in [0.1, 0.15) is 84.0 Å². The molecular formula is C27H40N2O6Si. The van der Waals surface area contributed by atoms with E-state index in [-0.39, 0.29) is 28.7 Å². The third kappa shape index (κ3) is 3.99. The molecule has 0 aromatic heterocycles. The first kappa shape index (κ1) is 25.4. The number of aliphatic hydroxyl groups is 1. The summed E-state index contributed by atoms with van der Waals surface area (Å²) in [5.41, 5.74) is 1.35. The van der Waals surface area contributed by atoms with Gasteiger partial charge in [0, 0.05) is 12.6 Å². The molecule has 2 amide bonds. The molecule has 1 saturated heterocycles. The lowest BCUT2D eigenvalue weighted by molar-refractivity contribution is 0.0510. The van der Waals surface area contributed by atoms with Gasteiger partial charge >= 0.3 is 6.09 Å². The minimum Gasteiger partial charge on any atom is -0.540 e. The Morgan fingerprint density at radius 1 is 1.06 bits per heavy atom. The molecule has 198 valence electrons. The highest BCUT2D eigenvalue weighted by molar-refractivity contribution is 6.78. The molecule has 4 aliphatic rings. The molecule has 9 heteroatoms. The van der Waals surface area contributed by atoms with Crippen molar-refractivity contribution in [3.63, 3.8) is 0 Å². The highest BCUT2D eigenvalue weighted by atomic mass is 28.4. The van der Waals surface area contributed by atoms with Crippen molar-refractivity contribution in [3.05, 3.63) is 17.7 Å². The molecule has 2 heterocycles. The number of fused-ring (bicyclic) bond motifs is 2. The van der Waals surface area contributed by atoms with Gasteiger partial charge in [-0.3, -0.25) is 4.79 Å². The van der Waals surface area contributed by atoms with E-state index in [2.05, 4.69) is 41.5 Å². The van der Waals surface area contributed by atoms with Crippen molar-refractivity contribution in [1.29, 1.82) is 0 Å². The summed E-state index contributed by atoms with van der Waals surface area (Å²) in [5.74, 6) is 0.742. The zero-order valence-electron chi connectivity index (χ0n) is 22.3. The summed E-state index contributed by atoms with van der Waals surface area (Å²) in [6.07, 6.45) is 2.00. The second-order valence-corrected chi connectivity index (χ2v) is 17.7. The van der Waals surface area contributed by atoms with Gasteiger partial charge < -0.3 is 24.3 Å². The van der Waals surface area contributed by atoms with E-state index in [0.29, 0.717) is 41.1 Å². The average molecular weight is 517 g/mol. The fourth-order valence-electron chi connectivity index (χ4n) is 6.81. The van der Waals surface area contributed by atoms with Gasteiger partial charge in [0.2, 0.25) is 0 Å². The van der Waals surface area contributed by atoms with Gasteiger partial charge in [-0.05, 0) is 60.2 Å². The van der Waals surface area contributed by atoms with Gasteiger partial charge in [0.05, 0.1) is 23.4 Å². The number of carbonyl (C=O) groups is 2. The highest BCUT2D eigenvalue weighted by Crippen LogP contribution is 2.57. The van der Waals surface area contributed by atoms with Gasteiger partial charge in [0.25, 0.3) is 14.2 Å². The normalized spacial score (nSPS) is 24.9. The fourth-order valence-corrected chi connectivity index (χ4v) is 12.1. The van der Waals surface area contributed by atoms with Gasteiger partial charge in [-0.25, -0.2) is 9.69 Å². The number of ether oxygens (including phenoxy) is 1. The molecule has 2 N–H and O–H groups in total. The number of carboxylic acid groups (broad SMARTS) is 1. The molecule has 36 heavy (non-hydrogen) atoms. The van der Waals surface area contributed by atoms with Gasteiger partial charge in [-0.15, -0.1) is 0 Å². The number of hydrogen-bond donors (Lipinski definition) is 2. The second-order valence-electron chi connectivity index (χ2n) is 12.3. The van der Waals surface area contributed by atoms with Crippen molar-refractivity contribution in [2.24, 2.45) is 5.41 Å². The first-order chi connectivity index (χ1) is 16.9. The van der Waals surface area contributed by atoms with E-state index in [1.54, 1.807) is 17.0 Å². The zero-order chi connectivity index (χ0) is 26.2. The maximum Gasteiger partial charge on any atom is 0.414 e. The molecule has 2 atom stereocenters. The molecule has 0 bridgehead atoms. The standard InChI is InChI=1S/C27H40N2O6Si/c1-15(2)36(16(3)4,17(5)6)35-23-12-20-19(11-22(23)34-18-7-8-18)24(30)28-14-27(9-10-27)13-21(28)25(31)29(20)26(32)33/h11-12,15-18,21,25,31H,7-10,13-14H2,1-6H3,(H,32,33). The van der Waals surface area contributed by atoms with Crippen LogP contribution in [0.2, 0.25) is 16.6 Å². The number of hydrogen-bond acceptors (Lipinski definition) is 5. The van der Waals surface area contributed by atoms with Crippen LogP contribution in [0.25, 0.3) is 0 Å². The minimum absolute atomic E-state index is 0.0242. The first-order valence-electron chi connectivity index (χ1n) is 13.4. The molecule has 2 aliphatic heterocycles. The summed E-state index contributed by atoms with van der Waals surface area (Å²) in [4.78, 5) is 29.0. The lowest BCUT2D eigenvalue weighted by Gasteiger charge is -2.42. The molecule has 5 rings (SSSR count). The monoisotopic (exact) mass is 516 g/mol. The minimum atomic E-state index is -2.41. The van der Waals surface area contributed by atoms with Crippen LogP contribution in [-0.2, 0) is 0 Å². The Kier molecular flexibility index (Phi) is 6.10. The number of anilines is 1. The molecule has 2 saturated carbocycles. The Bertz CT molecular complexity index is 1040. The van der Waals surface area contributed by atoms with E-state index in [4.69, 9.17) is 9.16 Å². The lowest BCUT2D eigenvalue weighted by Crippen LogP contribution is -2.51. The Hall–Kier alpha value is -2.26. The number of nitrogens with zero attached hydrogens (tertiary/aromatic N) is 2. The van der Waals surface area contributed by atoms with Crippen LogP contribution in [0.4, 0.5) is 10.5 Å². The molecule has 2 unspecified atom stereocenters. The summed E-state index contributed by atoms with van der Waals surface area (Å²) in [6.45, 7) is 13.7. The summed E-state index contributed by atoms with van der Waals surface area (Å²) in [7, 11) is -2.41. The van der Waals surface area contributed by atoms with Gasteiger partial charge in [-0.1, -0.05) is 41.5 Å². The maximum absolute atomic E-state index is 13.8. The van der Waals surface area contributed by atoms with Crippen LogP contribution in [-0.4, -0.2) is 60.3 Å². The molecule has 1 aromatic rings. The number of benzene rings is 1. The van der Waals surface area contributed by atoms with Crippen LogP contribution in [0.15, 0.2) is 12.1 Å². The first-order valence-corrected chi connectivity index (χ1v) is 15.6. The molecule has 1 spiro atoms. The Morgan fingerprint density at radius 2 is 1.67 bits per heavy atom. The summed E-state index contributed by atoms with van der Waals surface area (Å²) in [5, 5.41) is 21.5. The van der Waals surface area contributed by atoms with Gasteiger partial charge in [-0.2, -0.15) is 0 Å². The number of rotatable bonds is 7. The molecule has 2 aliphatic carbocycles. The Morgan fingerprint density at radius 3 is 2.17 bits per heavy atom. The molecule has 3 fully saturated rings. The molecular weight excluding hydrogens is 476 g/mol. The third-order valence-electron chi connectivity index (χ3n) is 8.94. The van der Waals surface area contributed by atoms with Gasteiger partial charge in [0.1, 0.15) is 5.75 Å². The van der Waals surface area contributed by atoms with Crippen molar-refractivity contribution in [1.82, 2.24) is 4.90 Å². The van der Waals surface area contributed by atoms with Crippen molar-refractivity contribution >= 4 is 26.0 Å². The highest BCUT2D eigenvalue weighted by Gasteiger charge is 2.58. The average Bonchev–Trinajstić information content (AvgIpc) is 3.70. The smallest absolute Gasteiger partial charge is 0.414 e. The largest absolute Gasteiger partial charge is 0.540 e. The van der Waals surface area contributed by atoms with E-state index in [1.807, 2.05) is 0 Å². The fraction of sp³-hybridized carbons (Fsp3) is 0.704. The van der Waals surface area contributed by atoms with E-state index in [0.717, 1.165) is 30.6 Å². The third-order valence-corrected chi connectivity index (χ3v) is 14.9. The van der Waals surface area contributed by atoms with Crippen LogP contribution in [0.3, 0.4) is 0 Å². The van der Waals surface area contributed by atoms with E-state index >= 15 is 0 Å². The van der Waals surface area contributed by atoms with E-state index in [1.165, 1.54) is 0 Å². The van der Waals surface area contributed by atoms with Crippen molar-refractivity contribution < 1.29 is 29.0 Å². The predicted molar refractivity (Wildman–Crippen MR) is 139 cm³/mol. The van der Waals surface area contributed by atoms with Crippen LogP contribution in [0.5, 0.6) is 11.5 Å².